The van der Waals surface area contributed by atoms with E-state index >= 15 is 0 Å². The highest BCUT2D eigenvalue weighted by Crippen LogP contribution is 2.42. The van der Waals surface area contributed by atoms with E-state index in [9.17, 15) is 0 Å². The van der Waals surface area contributed by atoms with Gasteiger partial charge in [0.1, 0.15) is 16.5 Å². The van der Waals surface area contributed by atoms with Crippen LogP contribution in [0.5, 0.6) is 11.5 Å². The summed E-state index contributed by atoms with van der Waals surface area (Å²) in [5.74, 6) is 1.79. The molecule has 112 valence electrons. The molecule has 0 saturated heterocycles. The first-order valence-electron chi connectivity index (χ1n) is 7.35. The summed E-state index contributed by atoms with van der Waals surface area (Å²) in [4.78, 5) is 0. The molecule has 1 fully saturated rings. The number of halogens is 1. The van der Waals surface area contributed by atoms with Crippen LogP contribution in [0.1, 0.15) is 50.1 Å². The second kappa shape index (κ2) is 7.19. The summed E-state index contributed by atoms with van der Waals surface area (Å²) in [6.45, 7) is 0. The lowest BCUT2D eigenvalue weighted by Crippen LogP contribution is -2.22. The Morgan fingerprint density at radius 2 is 1.75 bits per heavy atom. The van der Waals surface area contributed by atoms with Crippen LogP contribution < -0.4 is 15.2 Å². The topological polar surface area (TPSA) is 44.5 Å². The maximum Gasteiger partial charge on any atom is 0.146 e. The van der Waals surface area contributed by atoms with Gasteiger partial charge in [-0.1, -0.05) is 37.3 Å². The average Bonchev–Trinajstić information content (AvgIpc) is 2.75. The molecule has 4 heteroatoms. The van der Waals surface area contributed by atoms with E-state index in [1.165, 1.54) is 38.5 Å². The van der Waals surface area contributed by atoms with Gasteiger partial charge in [-0.3, -0.25) is 0 Å². The molecular formula is C16H24ClNO2. The predicted octanol–water partition coefficient (Wildman–Crippen LogP) is 4.33. The van der Waals surface area contributed by atoms with Gasteiger partial charge in [0.2, 0.25) is 0 Å². The van der Waals surface area contributed by atoms with E-state index in [0.29, 0.717) is 22.4 Å². The first-order valence-corrected chi connectivity index (χ1v) is 7.72. The van der Waals surface area contributed by atoms with Crippen molar-refractivity contribution in [3.63, 3.8) is 0 Å². The van der Waals surface area contributed by atoms with Gasteiger partial charge in [-0.25, -0.2) is 0 Å². The van der Waals surface area contributed by atoms with Crippen LogP contribution in [0.25, 0.3) is 0 Å². The molecule has 1 saturated carbocycles. The number of ether oxygens (including phenoxy) is 2. The molecule has 1 aliphatic carbocycles. The maximum atomic E-state index is 6.50. The summed E-state index contributed by atoms with van der Waals surface area (Å²) >= 11 is 6.32. The molecule has 2 rings (SSSR count). The molecule has 1 aliphatic rings. The van der Waals surface area contributed by atoms with Gasteiger partial charge in [0, 0.05) is 11.6 Å². The highest BCUT2D eigenvalue weighted by molar-refractivity contribution is 6.33. The normalized spacial score (nSPS) is 18.4. The van der Waals surface area contributed by atoms with E-state index in [1.54, 1.807) is 14.2 Å². The quantitative estimate of drug-likeness (QED) is 0.841. The third-order valence-electron chi connectivity index (χ3n) is 4.28. The van der Waals surface area contributed by atoms with E-state index < -0.39 is 0 Å². The fourth-order valence-electron chi connectivity index (χ4n) is 3.10. The molecule has 20 heavy (non-hydrogen) atoms. The van der Waals surface area contributed by atoms with Crippen molar-refractivity contribution in [2.24, 2.45) is 11.7 Å². The Labute approximate surface area is 126 Å². The molecule has 1 atom stereocenters. The van der Waals surface area contributed by atoms with Crippen LogP contribution in [0.2, 0.25) is 5.02 Å². The van der Waals surface area contributed by atoms with Crippen molar-refractivity contribution in [2.45, 2.75) is 44.6 Å². The highest BCUT2D eigenvalue weighted by Gasteiger charge is 2.25. The molecule has 0 radical (unpaired) electrons. The van der Waals surface area contributed by atoms with Gasteiger partial charge in [-0.15, -0.1) is 0 Å². The maximum absolute atomic E-state index is 6.50. The van der Waals surface area contributed by atoms with Gasteiger partial charge < -0.3 is 15.2 Å². The monoisotopic (exact) mass is 297 g/mol. The van der Waals surface area contributed by atoms with E-state index in [-0.39, 0.29) is 6.04 Å². The zero-order chi connectivity index (χ0) is 14.5. The Balaban J connectivity index is 2.28. The van der Waals surface area contributed by atoms with Crippen molar-refractivity contribution < 1.29 is 9.47 Å². The third kappa shape index (κ3) is 3.21. The number of hydrogen-bond donors (Lipinski definition) is 1. The van der Waals surface area contributed by atoms with E-state index in [0.717, 1.165) is 5.56 Å². The third-order valence-corrected chi connectivity index (χ3v) is 4.64. The minimum Gasteiger partial charge on any atom is -0.495 e. The van der Waals surface area contributed by atoms with Gasteiger partial charge in [0.05, 0.1) is 14.2 Å². The summed E-state index contributed by atoms with van der Waals surface area (Å²) in [6.07, 6.45) is 7.56. The summed E-state index contributed by atoms with van der Waals surface area (Å²) < 4.78 is 10.7. The fraction of sp³-hybridized carbons (Fsp3) is 0.625. The van der Waals surface area contributed by atoms with Gasteiger partial charge in [-0.2, -0.15) is 0 Å². The molecule has 0 spiro atoms. The summed E-state index contributed by atoms with van der Waals surface area (Å²) in [5.41, 5.74) is 7.49. The SMILES string of the molecule is COc1ccc(C(N)C2CCCCCC2)c(OC)c1Cl. The van der Waals surface area contributed by atoms with Gasteiger partial charge in [-0.05, 0) is 30.9 Å². The lowest BCUT2D eigenvalue weighted by atomic mass is 9.87. The second-order valence-corrected chi connectivity index (χ2v) is 5.86. The van der Waals surface area contributed by atoms with E-state index in [1.807, 2.05) is 12.1 Å². The van der Waals surface area contributed by atoms with Crippen LogP contribution in [-0.2, 0) is 0 Å². The zero-order valence-electron chi connectivity index (χ0n) is 12.3. The Kier molecular flexibility index (Phi) is 5.55. The standard InChI is InChI=1S/C16H24ClNO2/c1-19-13-10-9-12(16(20-2)14(13)17)15(18)11-7-5-3-4-6-8-11/h9-11,15H,3-8,18H2,1-2H3. The number of hydrogen-bond acceptors (Lipinski definition) is 3. The summed E-state index contributed by atoms with van der Waals surface area (Å²) in [6, 6.07) is 3.84. The Hall–Kier alpha value is -0.930. The zero-order valence-corrected chi connectivity index (χ0v) is 13.1. The number of benzene rings is 1. The van der Waals surface area contributed by atoms with Crippen LogP contribution >= 0.6 is 11.6 Å². The van der Waals surface area contributed by atoms with Crippen LogP contribution in [0.15, 0.2) is 12.1 Å². The summed E-state index contributed by atoms with van der Waals surface area (Å²) in [5, 5.41) is 0.511. The van der Waals surface area contributed by atoms with Gasteiger partial charge >= 0.3 is 0 Å². The molecule has 0 amide bonds. The van der Waals surface area contributed by atoms with Crippen molar-refractivity contribution in [1.29, 1.82) is 0 Å². The Bertz CT molecular complexity index is 442. The van der Waals surface area contributed by atoms with Crippen molar-refractivity contribution in [2.75, 3.05) is 14.2 Å². The smallest absolute Gasteiger partial charge is 0.146 e. The largest absolute Gasteiger partial charge is 0.495 e. The molecule has 2 N–H and O–H groups in total. The van der Waals surface area contributed by atoms with Crippen molar-refractivity contribution >= 4 is 11.6 Å². The average molecular weight is 298 g/mol. The lowest BCUT2D eigenvalue weighted by Gasteiger charge is -2.25. The second-order valence-electron chi connectivity index (χ2n) is 5.48. The predicted molar refractivity (Wildman–Crippen MR) is 82.7 cm³/mol. The minimum absolute atomic E-state index is 0.0218. The number of rotatable bonds is 4. The van der Waals surface area contributed by atoms with Gasteiger partial charge in [0.15, 0.2) is 0 Å². The van der Waals surface area contributed by atoms with Crippen LogP contribution in [0.4, 0.5) is 0 Å². The van der Waals surface area contributed by atoms with Crippen molar-refractivity contribution in [1.82, 2.24) is 0 Å². The lowest BCUT2D eigenvalue weighted by molar-refractivity contribution is 0.355. The molecular weight excluding hydrogens is 274 g/mol. The molecule has 3 nitrogen and oxygen atoms in total. The van der Waals surface area contributed by atoms with E-state index in [4.69, 9.17) is 26.8 Å². The van der Waals surface area contributed by atoms with Crippen LogP contribution in [0, 0.1) is 5.92 Å². The first kappa shape index (κ1) is 15.5. The summed E-state index contributed by atoms with van der Waals surface area (Å²) in [7, 11) is 3.23. The molecule has 1 aromatic rings. The van der Waals surface area contributed by atoms with Crippen molar-refractivity contribution in [3.8, 4) is 11.5 Å². The van der Waals surface area contributed by atoms with Crippen molar-refractivity contribution in [3.05, 3.63) is 22.7 Å². The molecule has 0 aliphatic heterocycles. The highest BCUT2D eigenvalue weighted by atomic mass is 35.5. The van der Waals surface area contributed by atoms with Gasteiger partial charge in [0.25, 0.3) is 0 Å². The molecule has 0 heterocycles. The molecule has 0 aromatic heterocycles. The molecule has 1 aromatic carbocycles. The Morgan fingerprint density at radius 1 is 1.10 bits per heavy atom. The number of methoxy groups -OCH3 is 2. The Morgan fingerprint density at radius 3 is 2.30 bits per heavy atom. The number of nitrogens with two attached hydrogens (primary N) is 1. The molecule has 0 bridgehead atoms. The van der Waals surface area contributed by atoms with Crippen LogP contribution in [0.3, 0.4) is 0 Å². The molecule has 1 unspecified atom stereocenters. The fourth-order valence-corrected chi connectivity index (χ4v) is 3.43. The van der Waals surface area contributed by atoms with E-state index in [2.05, 4.69) is 0 Å². The first-order chi connectivity index (χ1) is 9.69. The van der Waals surface area contributed by atoms with Crippen LogP contribution in [-0.4, -0.2) is 14.2 Å². The minimum atomic E-state index is -0.0218.